The van der Waals surface area contributed by atoms with Gasteiger partial charge in [0.05, 0.1) is 12.6 Å². The van der Waals surface area contributed by atoms with Gasteiger partial charge in [0.1, 0.15) is 11.4 Å². The lowest BCUT2D eigenvalue weighted by molar-refractivity contribution is 0.0601. The first-order valence-corrected chi connectivity index (χ1v) is 10.2. The highest BCUT2D eigenvalue weighted by Crippen LogP contribution is 2.27. The molecule has 144 valence electrons. The van der Waals surface area contributed by atoms with Crippen LogP contribution in [0, 0.1) is 0 Å². The van der Waals surface area contributed by atoms with E-state index in [1.807, 2.05) is 30.3 Å². The smallest absolute Gasteiger partial charge is 0.341 e. The number of carbonyl (C=O) groups is 1. The van der Waals surface area contributed by atoms with E-state index >= 15 is 0 Å². The molecule has 1 saturated heterocycles. The van der Waals surface area contributed by atoms with Crippen LogP contribution in [0.5, 0.6) is 0 Å². The fraction of sp³-hybridized carbons (Fsp3) is 0.545. The molecule has 1 aliphatic carbocycles. The van der Waals surface area contributed by atoms with Crippen LogP contribution in [-0.4, -0.2) is 43.2 Å². The van der Waals surface area contributed by atoms with Crippen molar-refractivity contribution in [3.05, 3.63) is 35.9 Å². The fourth-order valence-corrected chi connectivity index (χ4v) is 4.47. The minimum absolute atomic E-state index is 0.314. The number of hydrogen-bond donors (Lipinski definition) is 1. The van der Waals surface area contributed by atoms with E-state index in [1.165, 1.54) is 39.2 Å². The number of esters is 1. The molecule has 1 aromatic heterocycles. The number of hydrogen-bond acceptors (Lipinski definition) is 5. The van der Waals surface area contributed by atoms with Gasteiger partial charge in [0.15, 0.2) is 0 Å². The van der Waals surface area contributed by atoms with Crippen molar-refractivity contribution in [2.75, 3.05) is 25.1 Å². The Hall–Kier alpha value is -2.14. The van der Waals surface area contributed by atoms with Crippen LogP contribution >= 0.6 is 0 Å². The summed E-state index contributed by atoms with van der Waals surface area (Å²) in [6.07, 6.45) is 8.93. The van der Waals surface area contributed by atoms with E-state index in [2.05, 4.69) is 10.2 Å². The normalized spacial score (nSPS) is 19.4. The van der Waals surface area contributed by atoms with Gasteiger partial charge in [-0.1, -0.05) is 37.5 Å². The van der Waals surface area contributed by atoms with Gasteiger partial charge < -0.3 is 15.0 Å². The molecule has 1 aromatic carbocycles. The number of pyridine rings is 1. The summed E-state index contributed by atoms with van der Waals surface area (Å²) in [5, 5.41) is 4.84. The molecule has 0 radical (unpaired) electrons. The van der Waals surface area contributed by atoms with E-state index in [-0.39, 0.29) is 5.97 Å². The first kappa shape index (κ1) is 18.2. The number of para-hydroxylation sites is 1. The summed E-state index contributed by atoms with van der Waals surface area (Å²) in [5.41, 5.74) is 1.48. The van der Waals surface area contributed by atoms with E-state index in [1.54, 1.807) is 0 Å². The Morgan fingerprint density at radius 3 is 2.52 bits per heavy atom. The molecule has 0 spiro atoms. The highest BCUT2D eigenvalue weighted by Gasteiger charge is 2.26. The maximum atomic E-state index is 12.3. The van der Waals surface area contributed by atoms with Crippen molar-refractivity contribution in [2.45, 2.75) is 57.0 Å². The average Bonchev–Trinajstić information content (AvgIpc) is 2.73. The third kappa shape index (κ3) is 4.08. The summed E-state index contributed by atoms with van der Waals surface area (Å²) < 4.78 is 5.02. The number of anilines is 1. The summed E-state index contributed by atoms with van der Waals surface area (Å²) in [6.45, 7) is 1.83. The monoisotopic (exact) mass is 367 g/mol. The van der Waals surface area contributed by atoms with Gasteiger partial charge in [-0.3, -0.25) is 0 Å². The number of nitrogens with zero attached hydrogens (tertiary/aromatic N) is 2. The van der Waals surface area contributed by atoms with Crippen LogP contribution in [0.15, 0.2) is 30.3 Å². The molecule has 0 atom stereocenters. The van der Waals surface area contributed by atoms with Gasteiger partial charge in [0.2, 0.25) is 0 Å². The van der Waals surface area contributed by atoms with Crippen LogP contribution in [-0.2, 0) is 4.74 Å². The molecule has 2 heterocycles. The van der Waals surface area contributed by atoms with Crippen molar-refractivity contribution in [3.8, 4) is 0 Å². The van der Waals surface area contributed by atoms with Crippen LogP contribution in [0.2, 0.25) is 0 Å². The third-order valence-electron chi connectivity index (χ3n) is 5.98. The number of benzene rings is 1. The summed E-state index contributed by atoms with van der Waals surface area (Å²) >= 11 is 0. The zero-order valence-corrected chi connectivity index (χ0v) is 16.1. The molecule has 1 saturated carbocycles. The Morgan fingerprint density at radius 1 is 1.07 bits per heavy atom. The molecule has 0 amide bonds. The van der Waals surface area contributed by atoms with E-state index in [9.17, 15) is 4.79 Å². The molecular formula is C22H29N3O2. The first-order chi connectivity index (χ1) is 13.2. The largest absolute Gasteiger partial charge is 0.465 e. The molecule has 27 heavy (non-hydrogen) atoms. The summed E-state index contributed by atoms with van der Waals surface area (Å²) in [7, 11) is 1.43. The van der Waals surface area contributed by atoms with Crippen LogP contribution < -0.4 is 10.2 Å². The minimum Gasteiger partial charge on any atom is -0.465 e. The Balaban J connectivity index is 1.49. The number of nitrogens with one attached hydrogen (secondary N) is 1. The standard InChI is InChI=1S/C22H29N3O2/c1-27-22(26)19-15-16-7-5-6-10-20(16)24-21(19)25-13-11-18(12-14-25)23-17-8-3-2-4-9-17/h5-7,10,15,17-18,23H,2-4,8-9,11-14H2,1H3. The van der Waals surface area contributed by atoms with Crippen molar-refractivity contribution < 1.29 is 9.53 Å². The number of aromatic nitrogens is 1. The summed E-state index contributed by atoms with van der Waals surface area (Å²) in [5.74, 6) is 0.447. The van der Waals surface area contributed by atoms with E-state index in [0.29, 0.717) is 17.6 Å². The van der Waals surface area contributed by atoms with E-state index in [0.717, 1.165) is 42.7 Å². The lowest BCUT2D eigenvalue weighted by Crippen LogP contribution is -2.47. The maximum absolute atomic E-state index is 12.3. The van der Waals surface area contributed by atoms with Crippen molar-refractivity contribution in [2.24, 2.45) is 0 Å². The number of carbonyl (C=O) groups excluding carboxylic acids is 1. The van der Waals surface area contributed by atoms with Crippen LogP contribution in [0.4, 0.5) is 5.82 Å². The summed E-state index contributed by atoms with van der Waals surface area (Å²) in [6, 6.07) is 11.1. The molecule has 5 heteroatoms. The second-order valence-corrected chi connectivity index (χ2v) is 7.81. The molecular weight excluding hydrogens is 338 g/mol. The predicted molar refractivity (Wildman–Crippen MR) is 108 cm³/mol. The molecule has 5 nitrogen and oxygen atoms in total. The third-order valence-corrected chi connectivity index (χ3v) is 5.98. The zero-order chi connectivity index (χ0) is 18.6. The highest BCUT2D eigenvalue weighted by molar-refractivity contribution is 5.99. The maximum Gasteiger partial charge on any atom is 0.341 e. The molecule has 2 fully saturated rings. The van der Waals surface area contributed by atoms with Crippen molar-refractivity contribution in [1.29, 1.82) is 0 Å². The van der Waals surface area contributed by atoms with Crippen molar-refractivity contribution in [3.63, 3.8) is 0 Å². The van der Waals surface area contributed by atoms with Gasteiger partial charge in [0.25, 0.3) is 0 Å². The topological polar surface area (TPSA) is 54.5 Å². The Bertz CT molecular complexity index is 793. The van der Waals surface area contributed by atoms with Crippen molar-refractivity contribution >= 4 is 22.7 Å². The van der Waals surface area contributed by atoms with E-state index < -0.39 is 0 Å². The second-order valence-electron chi connectivity index (χ2n) is 7.81. The Kier molecular flexibility index (Phi) is 5.58. The molecule has 2 aromatic rings. The van der Waals surface area contributed by atoms with E-state index in [4.69, 9.17) is 9.72 Å². The van der Waals surface area contributed by atoms with Gasteiger partial charge in [0, 0.05) is 30.6 Å². The highest BCUT2D eigenvalue weighted by atomic mass is 16.5. The predicted octanol–water partition coefficient (Wildman–Crippen LogP) is 3.91. The van der Waals surface area contributed by atoms with Crippen LogP contribution in [0.3, 0.4) is 0 Å². The van der Waals surface area contributed by atoms with Crippen LogP contribution in [0.1, 0.15) is 55.3 Å². The van der Waals surface area contributed by atoms with Gasteiger partial charge >= 0.3 is 5.97 Å². The van der Waals surface area contributed by atoms with Gasteiger partial charge in [-0.2, -0.15) is 0 Å². The molecule has 0 bridgehead atoms. The lowest BCUT2D eigenvalue weighted by Gasteiger charge is -2.36. The second kappa shape index (κ2) is 8.26. The fourth-order valence-electron chi connectivity index (χ4n) is 4.47. The van der Waals surface area contributed by atoms with Crippen molar-refractivity contribution in [1.82, 2.24) is 10.3 Å². The Morgan fingerprint density at radius 2 is 1.78 bits per heavy atom. The molecule has 0 unspecified atom stereocenters. The van der Waals surface area contributed by atoms with Gasteiger partial charge in [-0.15, -0.1) is 0 Å². The SMILES string of the molecule is COC(=O)c1cc2ccccc2nc1N1CCC(NC2CCCCC2)CC1. The molecule has 2 aliphatic rings. The molecule has 1 N–H and O–H groups in total. The molecule has 1 aliphatic heterocycles. The zero-order valence-electron chi connectivity index (χ0n) is 16.1. The number of methoxy groups -OCH3 is 1. The Labute approximate surface area is 161 Å². The van der Waals surface area contributed by atoms with Gasteiger partial charge in [-0.25, -0.2) is 9.78 Å². The average molecular weight is 367 g/mol. The number of piperidine rings is 1. The van der Waals surface area contributed by atoms with Crippen LogP contribution in [0.25, 0.3) is 10.9 Å². The number of fused-ring (bicyclic) bond motifs is 1. The first-order valence-electron chi connectivity index (χ1n) is 10.2. The summed E-state index contributed by atoms with van der Waals surface area (Å²) in [4.78, 5) is 19.4. The lowest BCUT2D eigenvalue weighted by atomic mass is 9.93. The quantitative estimate of drug-likeness (QED) is 0.830. The number of rotatable bonds is 4. The molecule has 4 rings (SSSR count). The van der Waals surface area contributed by atoms with Gasteiger partial charge in [-0.05, 0) is 37.8 Å². The number of ether oxygens (including phenoxy) is 1. The minimum atomic E-state index is -0.314.